The average molecular weight is 333 g/mol. The van der Waals surface area contributed by atoms with Gasteiger partial charge in [-0.25, -0.2) is 9.97 Å². The fourth-order valence-electron chi connectivity index (χ4n) is 3.66. The van der Waals surface area contributed by atoms with Crippen molar-refractivity contribution in [2.24, 2.45) is 5.41 Å². The summed E-state index contributed by atoms with van der Waals surface area (Å²) in [7, 11) is 1.72. The number of nitrogens with one attached hydrogen (secondary N) is 1. The standard InChI is InChI=1S/C16H23N5O3/c1-17-15-18-9-12(10-19-15)13(23)21-6-4-16(11-21)3-2-5-20(7-8-22)14(16)24/h9-10,22H,2-8,11H2,1H3,(H,17,18,19)/t16-/m0/s1. The summed E-state index contributed by atoms with van der Waals surface area (Å²) in [5, 5.41) is 11.9. The van der Waals surface area contributed by atoms with Crippen LogP contribution in [0.1, 0.15) is 29.6 Å². The summed E-state index contributed by atoms with van der Waals surface area (Å²) in [4.78, 5) is 37.0. The molecule has 0 aliphatic carbocycles. The van der Waals surface area contributed by atoms with Crippen molar-refractivity contribution < 1.29 is 14.7 Å². The van der Waals surface area contributed by atoms with Gasteiger partial charge in [-0.1, -0.05) is 0 Å². The maximum absolute atomic E-state index is 12.8. The predicted octanol–water partition coefficient (Wildman–Crippen LogP) is -0.0347. The van der Waals surface area contributed by atoms with Crippen molar-refractivity contribution in [1.29, 1.82) is 0 Å². The van der Waals surface area contributed by atoms with Crippen LogP contribution < -0.4 is 5.32 Å². The SMILES string of the molecule is CNc1ncc(C(=O)N2CC[C@@]3(CCCN(CCO)C3=O)C2)cn1. The van der Waals surface area contributed by atoms with Crippen molar-refractivity contribution >= 4 is 17.8 Å². The Labute approximate surface area is 140 Å². The molecule has 2 amide bonds. The summed E-state index contributed by atoms with van der Waals surface area (Å²) in [6.45, 7) is 2.02. The number of amides is 2. The highest BCUT2D eigenvalue weighted by Gasteiger charge is 2.49. The smallest absolute Gasteiger partial charge is 0.257 e. The van der Waals surface area contributed by atoms with Crippen LogP contribution in [0.25, 0.3) is 0 Å². The average Bonchev–Trinajstić information content (AvgIpc) is 3.04. The van der Waals surface area contributed by atoms with Gasteiger partial charge in [-0.05, 0) is 19.3 Å². The number of aliphatic hydroxyl groups is 1. The summed E-state index contributed by atoms with van der Waals surface area (Å²) in [6, 6.07) is 0. The molecule has 130 valence electrons. The van der Waals surface area contributed by atoms with Gasteiger partial charge in [-0.2, -0.15) is 0 Å². The number of aliphatic hydroxyl groups excluding tert-OH is 1. The summed E-state index contributed by atoms with van der Waals surface area (Å²) in [5.41, 5.74) is -0.0593. The van der Waals surface area contributed by atoms with Gasteiger partial charge in [0.25, 0.3) is 5.91 Å². The molecule has 24 heavy (non-hydrogen) atoms. The minimum Gasteiger partial charge on any atom is -0.395 e. The molecule has 2 aliphatic rings. The Morgan fingerprint density at radius 3 is 2.75 bits per heavy atom. The van der Waals surface area contributed by atoms with E-state index in [4.69, 9.17) is 5.11 Å². The van der Waals surface area contributed by atoms with E-state index in [1.807, 2.05) is 0 Å². The number of aromatic nitrogens is 2. The number of rotatable bonds is 4. The Bertz CT molecular complexity index is 619. The van der Waals surface area contributed by atoms with Crippen molar-refractivity contribution in [3.8, 4) is 0 Å². The van der Waals surface area contributed by atoms with Crippen molar-refractivity contribution in [3.05, 3.63) is 18.0 Å². The molecule has 3 rings (SSSR count). The number of β-amino-alcohol motifs (C(OH)–C–C–N with tert-alkyl or cyclic N) is 1. The fraction of sp³-hybridized carbons (Fsp3) is 0.625. The van der Waals surface area contributed by atoms with Crippen LogP contribution in [0.5, 0.6) is 0 Å². The van der Waals surface area contributed by atoms with Gasteiger partial charge in [0, 0.05) is 45.6 Å². The van der Waals surface area contributed by atoms with E-state index in [1.165, 1.54) is 12.4 Å². The molecule has 1 aromatic heterocycles. The number of hydrogen-bond donors (Lipinski definition) is 2. The van der Waals surface area contributed by atoms with Gasteiger partial charge in [0.05, 0.1) is 17.6 Å². The molecule has 1 aromatic rings. The van der Waals surface area contributed by atoms with Crippen molar-refractivity contribution in [2.45, 2.75) is 19.3 Å². The maximum Gasteiger partial charge on any atom is 0.257 e. The number of hydrogen-bond acceptors (Lipinski definition) is 6. The van der Waals surface area contributed by atoms with E-state index in [2.05, 4.69) is 15.3 Å². The van der Waals surface area contributed by atoms with Crippen molar-refractivity contribution in [2.75, 3.05) is 45.2 Å². The highest BCUT2D eigenvalue weighted by molar-refractivity contribution is 5.95. The highest BCUT2D eigenvalue weighted by Crippen LogP contribution is 2.40. The second-order valence-electron chi connectivity index (χ2n) is 6.42. The van der Waals surface area contributed by atoms with Crippen LogP contribution in [0.15, 0.2) is 12.4 Å². The molecule has 0 saturated carbocycles. The van der Waals surface area contributed by atoms with Gasteiger partial charge in [0.15, 0.2) is 0 Å². The van der Waals surface area contributed by atoms with E-state index in [9.17, 15) is 9.59 Å². The lowest BCUT2D eigenvalue weighted by molar-refractivity contribution is -0.146. The van der Waals surface area contributed by atoms with E-state index < -0.39 is 5.41 Å². The lowest BCUT2D eigenvalue weighted by Gasteiger charge is -2.39. The number of nitrogens with zero attached hydrogens (tertiary/aromatic N) is 4. The largest absolute Gasteiger partial charge is 0.395 e. The first-order chi connectivity index (χ1) is 11.6. The van der Waals surface area contributed by atoms with E-state index in [1.54, 1.807) is 16.8 Å². The number of likely N-dealkylation sites (tertiary alicyclic amines) is 2. The summed E-state index contributed by atoms with van der Waals surface area (Å²) < 4.78 is 0. The molecule has 0 bridgehead atoms. The predicted molar refractivity (Wildman–Crippen MR) is 87.4 cm³/mol. The Morgan fingerprint density at radius 1 is 1.33 bits per heavy atom. The van der Waals surface area contributed by atoms with Crippen LogP contribution in [0, 0.1) is 5.41 Å². The van der Waals surface area contributed by atoms with E-state index >= 15 is 0 Å². The molecule has 2 aliphatic heterocycles. The quantitative estimate of drug-likeness (QED) is 0.803. The third-order valence-electron chi connectivity index (χ3n) is 4.96. The van der Waals surface area contributed by atoms with Gasteiger partial charge in [0.2, 0.25) is 11.9 Å². The highest BCUT2D eigenvalue weighted by atomic mass is 16.3. The first-order valence-corrected chi connectivity index (χ1v) is 8.29. The monoisotopic (exact) mass is 333 g/mol. The first kappa shape index (κ1) is 16.6. The summed E-state index contributed by atoms with van der Waals surface area (Å²) in [6.07, 6.45) is 5.40. The molecular formula is C16H23N5O3. The van der Waals surface area contributed by atoms with Gasteiger partial charge < -0.3 is 20.2 Å². The Balaban J connectivity index is 1.71. The molecule has 0 aromatic carbocycles. The second kappa shape index (κ2) is 6.72. The number of carbonyl (C=O) groups is 2. The molecule has 2 saturated heterocycles. The lowest BCUT2D eigenvalue weighted by atomic mass is 9.78. The zero-order valence-electron chi connectivity index (χ0n) is 13.9. The van der Waals surface area contributed by atoms with Crippen LogP contribution in [0.2, 0.25) is 0 Å². The van der Waals surface area contributed by atoms with Gasteiger partial charge in [0.1, 0.15) is 0 Å². The number of anilines is 1. The van der Waals surface area contributed by atoms with Gasteiger partial charge >= 0.3 is 0 Å². The van der Waals surface area contributed by atoms with Crippen LogP contribution in [0.3, 0.4) is 0 Å². The Kier molecular flexibility index (Phi) is 4.66. The topological polar surface area (TPSA) is 98.7 Å². The molecule has 2 fully saturated rings. The minimum absolute atomic E-state index is 0.0282. The zero-order valence-corrected chi connectivity index (χ0v) is 13.9. The molecule has 0 unspecified atom stereocenters. The van der Waals surface area contributed by atoms with E-state index in [0.717, 1.165) is 12.8 Å². The summed E-state index contributed by atoms with van der Waals surface area (Å²) in [5.74, 6) is 0.396. The number of carbonyl (C=O) groups excluding carboxylic acids is 2. The normalized spacial score (nSPS) is 23.8. The first-order valence-electron chi connectivity index (χ1n) is 8.29. The van der Waals surface area contributed by atoms with E-state index in [0.29, 0.717) is 44.1 Å². The van der Waals surface area contributed by atoms with Crippen LogP contribution in [0.4, 0.5) is 5.95 Å². The molecule has 3 heterocycles. The summed E-state index contributed by atoms with van der Waals surface area (Å²) >= 11 is 0. The molecule has 1 atom stereocenters. The molecule has 8 heteroatoms. The minimum atomic E-state index is -0.491. The van der Waals surface area contributed by atoms with Gasteiger partial charge in [-0.15, -0.1) is 0 Å². The van der Waals surface area contributed by atoms with Crippen LogP contribution in [-0.4, -0.2) is 76.5 Å². The second-order valence-corrected chi connectivity index (χ2v) is 6.42. The fourth-order valence-corrected chi connectivity index (χ4v) is 3.66. The van der Waals surface area contributed by atoms with Crippen LogP contribution in [-0.2, 0) is 4.79 Å². The molecule has 0 radical (unpaired) electrons. The molecule has 2 N–H and O–H groups in total. The molecule has 8 nitrogen and oxygen atoms in total. The van der Waals surface area contributed by atoms with Gasteiger partial charge in [-0.3, -0.25) is 9.59 Å². The third-order valence-corrected chi connectivity index (χ3v) is 4.96. The Hall–Kier alpha value is -2.22. The third kappa shape index (κ3) is 2.93. The maximum atomic E-state index is 12.8. The van der Waals surface area contributed by atoms with E-state index in [-0.39, 0.29) is 18.4 Å². The Morgan fingerprint density at radius 2 is 2.08 bits per heavy atom. The lowest BCUT2D eigenvalue weighted by Crippen LogP contribution is -2.51. The zero-order chi connectivity index (χ0) is 17.2. The number of piperidine rings is 1. The molecule has 1 spiro atoms. The van der Waals surface area contributed by atoms with Crippen molar-refractivity contribution in [3.63, 3.8) is 0 Å². The van der Waals surface area contributed by atoms with Crippen molar-refractivity contribution in [1.82, 2.24) is 19.8 Å². The van der Waals surface area contributed by atoms with Crippen LogP contribution >= 0.6 is 0 Å². The molecular weight excluding hydrogens is 310 g/mol.